The predicted molar refractivity (Wildman–Crippen MR) is 82.4 cm³/mol. The summed E-state index contributed by atoms with van der Waals surface area (Å²) in [6, 6.07) is 9.71. The Bertz CT molecular complexity index is 889. The number of nitrogens with two attached hydrogens (primary N) is 1. The molecule has 2 rings (SSSR count). The molecule has 0 saturated carbocycles. The van der Waals surface area contributed by atoms with Crippen LogP contribution in [0.25, 0.3) is 17.4 Å². The van der Waals surface area contributed by atoms with Crippen LogP contribution < -0.4 is 11.1 Å². The highest BCUT2D eigenvalue weighted by Gasteiger charge is 2.13. The zero-order valence-corrected chi connectivity index (χ0v) is 12.1. The monoisotopic (exact) mass is 325 g/mol. The Labute approximate surface area is 135 Å². The van der Waals surface area contributed by atoms with Crippen molar-refractivity contribution in [3.05, 3.63) is 53.3 Å². The summed E-state index contributed by atoms with van der Waals surface area (Å²) in [6.45, 7) is 0. The minimum absolute atomic E-state index is 0.0968. The van der Waals surface area contributed by atoms with E-state index in [1.54, 1.807) is 29.6 Å². The summed E-state index contributed by atoms with van der Waals surface area (Å²) >= 11 is 0. The highest BCUT2D eigenvalue weighted by atomic mass is 16.4. The van der Waals surface area contributed by atoms with Crippen LogP contribution in [0.2, 0.25) is 0 Å². The number of imide groups is 1. The van der Waals surface area contributed by atoms with Crippen LogP contribution in [0.5, 0.6) is 0 Å². The molecule has 0 atom stereocenters. The third-order valence-corrected chi connectivity index (χ3v) is 2.91. The molecule has 0 saturated heterocycles. The van der Waals surface area contributed by atoms with Crippen molar-refractivity contribution >= 4 is 24.0 Å². The minimum Gasteiger partial charge on any atom is -0.478 e. The molecule has 1 aromatic carbocycles. The number of carbonyl (C=O) groups is 3. The summed E-state index contributed by atoms with van der Waals surface area (Å²) in [6.07, 6.45) is 1.14. The zero-order valence-electron chi connectivity index (χ0n) is 12.1. The number of nitrogens with zero attached hydrogens (tertiary/aromatic N) is 1. The molecule has 0 aliphatic rings. The fourth-order valence-electron chi connectivity index (χ4n) is 1.86. The standard InChI is InChI=1S/C16H11N3O5/c17-8-11(14(20)19-16(18)23)7-12-4-5-13(24-12)9-2-1-3-10(6-9)15(21)22/h1-7H,(H,21,22)(H3,18,19,20,23). The van der Waals surface area contributed by atoms with Crippen molar-refractivity contribution in [1.82, 2.24) is 5.32 Å². The van der Waals surface area contributed by atoms with Crippen LogP contribution in [0.1, 0.15) is 16.1 Å². The number of nitrogens with one attached hydrogen (secondary N) is 1. The van der Waals surface area contributed by atoms with Crippen LogP contribution in [0, 0.1) is 11.3 Å². The van der Waals surface area contributed by atoms with Gasteiger partial charge < -0.3 is 15.3 Å². The summed E-state index contributed by atoms with van der Waals surface area (Å²) < 4.78 is 5.48. The van der Waals surface area contributed by atoms with Gasteiger partial charge in [0.2, 0.25) is 0 Å². The van der Waals surface area contributed by atoms with Crippen molar-refractivity contribution in [2.45, 2.75) is 0 Å². The fourth-order valence-corrected chi connectivity index (χ4v) is 1.86. The van der Waals surface area contributed by atoms with Crippen LogP contribution in [-0.2, 0) is 4.79 Å². The molecular formula is C16H11N3O5. The summed E-state index contributed by atoms with van der Waals surface area (Å²) in [5, 5.41) is 19.7. The van der Waals surface area contributed by atoms with E-state index >= 15 is 0 Å². The van der Waals surface area contributed by atoms with Gasteiger partial charge in [0, 0.05) is 11.6 Å². The molecule has 1 heterocycles. The van der Waals surface area contributed by atoms with Gasteiger partial charge in [-0.1, -0.05) is 12.1 Å². The van der Waals surface area contributed by atoms with Crippen LogP contribution in [0.3, 0.4) is 0 Å². The molecule has 0 fully saturated rings. The lowest BCUT2D eigenvalue weighted by atomic mass is 10.1. The number of primary amides is 1. The topological polar surface area (TPSA) is 146 Å². The van der Waals surface area contributed by atoms with Crippen molar-refractivity contribution in [2.75, 3.05) is 0 Å². The van der Waals surface area contributed by atoms with Gasteiger partial charge in [-0.05, 0) is 24.3 Å². The van der Waals surface area contributed by atoms with E-state index in [0.717, 1.165) is 6.08 Å². The normalized spacial score (nSPS) is 10.7. The van der Waals surface area contributed by atoms with Gasteiger partial charge in [0.1, 0.15) is 23.2 Å². The number of amides is 3. The van der Waals surface area contributed by atoms with Crippen molar-refractivity contribution in [3.63, 3.8) is 0 Å². The first-order valence-electron chi connectivity index (χ1n) is 6.57. The molecule has 4 N–H and O–H groups in total. The van der Waals surface area contributed by atoms with Crippen molar-refractivity contribution in [3.8, 4) is 17.4 Å². The smallest absolute Gasteiger partial charge is 0.335 e. The predicted octanol–water partition coefficient (Wildman–Crippen LogP) is 1.75. The Morgan fingerprint density at radius 1 is 1.25 bits per heavy atom. The largest absolute Gasteiger partial charge is 0.478 e. The van der Waals surface area contributed by atoms with Gasteiger partial charge in [-0.25, -0.2) is 9.59 Å². The average Bonchev–Trinajstić information content (AvgIpc) is 3.00. The van der Waals surface area contributed by atoms with Gasteiger partial charge >= 0.3 is 12.0 Å². The van der Waals surface area contributed by atoms with Crippen LogP contribution in [0.15, 0.2) is 46.4 Å². The zero-order chi connectivity index (χ0) is 17.7. The second kappa shape index (κ2) is 6.93. The maximum Gasteiger partial charge on any atom is 0.335 e. The number of furan rings is 1. The molecule has 0 aliphatic heterocycles. The lowest BCUT2D eigenvalue weighted by Crippen LogP contribution is -2.35. The van der Waals surface area contributed by atoms with Gasteiger partial charge in [0.25, 0.3) is 5.91 Å². The van der Waals surface area contributed by atoms with E-state index in [1.807, 2.05) is 0 Å². The van der Waals surface area contributed by atoms with Crippen LogP contribution >= 0.6 is 0 Å². The molecule has 3 amide bonds. The molecule has 0 aliphatic carbocycles. The molecule has 0 unspecified atom stereocenters. The highest BCUT2D eigenvalue weighted by molar-refractivity contribution is 6.08. The minimum atomic E-state index is -1.08. The number of urea groups is 1. The Kier molecular flexibility index (Phi) is 4.77. The number of rotatable bonds is 4. The van der Waals surface area contributed by atoms with E-state index in [2.05, 4.69) is 0 Å². The highest BCUT2D eigenvalue weighted by Crippen LogP contribution is 2.24. The van der Waals surface area contributed by atoms with Gasteiger partial charge in [0.05, 0.1) is 5.56 Å². The summed E-state index contributed by atoms with van der Waals surface area (Å²) in [4.78, 5) is 33.2. The van der Waals surface area contributed by atoms with E-state index < -0.39 is 17.9 Å². The summed E-state index contributed by atoms with van der Waals surface area (Å²) in [7, 11) is 0. The molecule has 0 spiro atoms. The maximum atomic E-state index is 11.6. The third-order valence-electron chi connectivity index (χ3n) is 2.91. The average molecular weight is 325 g/mol. The molecule has 24 heavy (non-hydrogen) atoms. The van der Waals surface area contributed by atoms with Crippen molar-refractivity contribution < 1.29 is 23.9 Å². The molecule has 120 valence electrons. The lowest BCUT2D eigenvalue weighted by molar-refractivity contribution is -0.116. The summed E-state index contributed by atoms with van der Waals surface area (Å²) in [5.41, 5.74) is 5.07. The molecule has 1 aromatic heterocycles. The molecule has 2 aromatic rings. The fraction of sp³-hybridized carbons (Fsp3) is 0. The molecule has 8 nitrogen and oxygen atoms in total. The second-order valence-electron chi connectivity index (χ2n) is 4.58. The number of carboxylic acid groups (broad SMARTS) is 1. The first-order valence-corrected chi connectivity index (χ1v) is 6.57. The second-order valence-corrected chi connectivity index (χ2v) is 4.58. The van der Waals surface area contributed by atoms with E-state index in [9.17, 15) is 14.4 Å². The number of hydrogen-bond donors (Lipinski definition) is 3. The Morgan fingerprint density at radius 3 is 2.62 bits per heavy atom. The first kappa shape index (κ1) is 16.5. The van der Waals surface area contributed by atoms with E-state index in [-0.39, 0.29) is 16.9 Å². The van der Waals surface area contributed by atoms with Gasteiger partial charge in [-0.2, -0.15) is 5.26 Å². The number of carbonyl (C=O) groups excluding carboxylic acids is 2. The third kappa shape index (κ3) is 3.86. The number of nitriles is 1. The van der Waals surface area contributed by atoms with Gasteiger partial charge in [-0.15, -0.1) is 0 Å². The molecule has 0 radical (unpaired) electrons. The van der Waals surface area contributed by atoms with E-state index in [4.69, 9.17) is 20.5 Å². The summed E-state index contributed by atoms with van der Waals surface area (Å²) in [5.74, 6) is -1.48. The maximum absolute atomic E-state index is 11.6. The molecular weight excluding hydrogens is 314 g/mol. The van der Waals surface area contributed by atoms with Crippen molar-refractivity contribution in [1.29, 1.82) is 5.26 Å². The Balaban J connectivity index is 2.30. The van der Waals surface area contributed by atoms with Crippen LogP contribution in [0.4, 0.5) is 4.79 Å². The van der Waals surface area contributed by atoms with Crippen LogP contribution in [-0.4, -0.2) is 23.0 Å². The number of carboxylic acids is 1. The van der Waals surface area contributed by atoms with Gasteiger partial charge in [0.15, 0.2) is 0 Å². The van der Waals surface area contributed by atoms with Gasteiger partial charge in [-0.3, -0.25) is 10.1 Å². The van der Waals surface area contributed by atoms with Crippen molar-refractivity contribution in [2.24, 2.45) is 5.73 Å². The number of aromatic carboxylic acids is 1. The Morgan fingerprint density at radius 2 is 2.00 bits per heavy atom. The first-order chi connectivity index (χ1) is 11.4. The molecule has 0 bridgehead atoms. The Hall–Kier alpha value is -3.86. The number of hydrogen-bond acceptors (Lipinski definition) is 5. The quantitative estimate of drug-likeness (QED) is 0.576. The van der Waals surface area contributed by atoms with E-state index in [1.165, 1.54) is 18.2 Å². The lowest BCUT2D eigenvalue weighted by Gasteiger charge is -1.99. The molecule has 8 heteroatoms. The SMILES string of the molecule is N#CC(=Cc1ccc(-c2cccc(C(=O)O)c2)o1)C(=O)NC(N)=O. The van der Waals surface area contributed by atoms with E-state index in [0.29, 0.717) is 11.3 Å². The number of benzene rings is 1.